The lowest BCUT2D eigenvalue weighted by molar-refractivity contribution is -0.138. The fourth-order valence-electron chi connectivity index (χ4n) is 2.25. The zero-order valence-electron chi connectivity index (χ0n) is 14.2. The standard InChI is InChI=1S/C18H22F3N3O/c1-5-6-13(9-15(23)11(3)22)24-12(4)17-10(2)14(18(19,20)21)7-8-16(17)25/h6-9,24-25H,3-5,22-23H2,1-2H3/b13-6+,15-9-. The van der Waals surface area contributed by atoms with E-state index in [1.54, 1.807) is 6.08 Å². The number of halogens is 3. The third kappa shape index (κ3) is 5.07. The van der Waals surface area contributed by atoms with E-state index in [-0.39, 0.29) is 34.0 Å². The highest BCUT2D eigenvalue weighted by Gasteiger charge is 2.34. The van der Waals surface area contributed by atoms with Crippen LogP contribution in [0.25, 0.3) is 5.70 Å². The van der Waals surface area contributed by atoms with Gasteiger partial charge in [-0.1, -0.05) is 26.2 Å². The minimum atomic E-state index is -4.53. The van der Waals surface area contributed by atoms with Crippen molar-refractivity contribution in [1.29, 1.82) is 0 Å². The lowest BCUT2D eigenvalue weighted by Crippen LogP contribution is -2.16. The summed E-state index contributed by atoms with van der Waals surface area (Å²) in [5, 5.41) is 12.9. The predicted molar refractivity (Wildman–Crippen MR) is 94.0 cm³/mol. The Kier molecular flexibility index (Phi) is 6.33. The number of phenols is 1. The molecule has 0 spiro atoms. The molecule has 0 aromatic heterocycles. The van der Waals surface area contributed by atoms with Crippen LogP contribution in [-0.4, -0.2) is 5.11 Å². The van der Waals surface area contributed by atoms with Gasteiger partial charge in [0.05, 0.1) is 11.3 Å². The van der Waals surface area contributed by atoms with Gasteiger partial charge in [0.2, 0.25) is 0 Å². The van der Waals surface area contributed by atoms with Crippen molar-refractivity contribution in [1.82, 2.24) is 5.32 Å². The number of phenolic OH excluding ortho intramolecular Hbond substituents is 1. The molecule has 0 saturated heterocycles. The molecule has 7 heteroatoms. The molecule has 4 nitrogen and oxygen atoms in total. The van der Waals surface area contributed by atoms with Crippen molar-refractivity contribution in [3.05, 3.63) is 71.2 Å². The Hall–Kier alpha value is -2.83. The molecule has 0 amide bonds. The molecule has 0 radical (unpaired) electrons. The summed E-state index contributed by atoms with van der Waals surface area (Å²) >= 11 is 0. The van der Waals surface area contributed by atoms with Crippen molar-refractivity contribution in [2.75, 3.05) is 0 Å². The molecule has 0 saturated carbocycles. The Morgan fingerprint density at radius 2 is 1.88 bits per heavy atom. The highest BCUT2D eigenvalue weighted by molar-refractivity contribution is 5.72. The first-order chi connectivity index (χ1) is 11.5. The minimum absolute atomic E-state index is 0.0182. The summed E-state index contributed by atoms with van der Waals surface area (Å²) in [6.07, 6.45) is -0.654. The zero-order chi connectivity index (χ0) is 19.4. The van der Waals surface area contributed by atoms with E-state index in [9.17, 15) is 18.3 Å². The molecular formula is C18H22F3N3O. The predicted octanol–water partition coefficient (Wildman–Crippen LogP) is 3.89. The fraction of sp³-hybridized carbons (Fsp3) is 0.222. The maximum absolute atomic E-state index is 13.1. The molecule has 0 atom stereocenters. The van der Waals surface area contributed by atoms with Crippen LogP contribution in [0.1, 0.15) is 30.0 Å². The number of nitrogens with one attached hydrogen (secondary N) is 1. The molecule has 0 aliphatic heterocycles. The van der Waals surface area contributed by atoms with Crippen LogP contribution in [0.2, 0.25) is 0 Å². The van der Waals surface area contributed by atoms with E-state index in [2.05, 4.69) is 18.5 Å². The van der Waals surface area contributed by atoms with Crippen LogP contribution in [0.4, 0.5) is 13.2 Å². The quantitative estimate of drug-likeness (QED) is 0.585. The zero-order valence-corrected chi connectivity index (χ0v) is 14.2. The molecule has 136 valence electrons. The second kappa shape index (κ2) is 7.83. The van der Waals surface area contributed by atoms with Crippen LogP contribution in [0.15, 0.2) is 54.5 Å². The van der Waals surface area contributed by atoms with Crippen molar-refractivity contribution in [2.45, 2.75) is 26.4 Å². The number of benzene rings is 1. The van der Waals surface area contributed by atoms with E-state index in [1.165, 1.54) is 13.0 Å². The minimum Gasteiger partial charge on any atom is -0.507 e. The Morgan fingerprint density at radius 3 is 2.36 bits per heavy atom. The van der Waals surface area contributed by atoms with Crippen LogP contribution in [0.3, 0.4) is 0 Å². The van der Waals surface area contributed by atoms with Crippen molar-refractivity contribution < 1.29 is 18.3 Å². The Morgan fingerprint density at radius 1 is 1.28 bits per heavy atom. The number of hydrogen-bond acceptors (Lipinski definition) is 4. The van der Waals surface area contributed by atoms with Crippen molar-refractivity contribution in [2.24, 2.45) is 11.5 Å². The highest BCUT2D eigenvalue weighted by Crippen LogP contribution is 2.37. The third-order valence-corrected chi connectivity index (χ3v) is 3.45. The third-order valence-electron chi connectivity index (χ3n) is 3.45. The van der Waals surface area contributed by atoms with E-state index in [0.717, 1.165) is 12.1 Å². The first-order valence-electron chi connectivity index (χ1n) is 7.47. The van der Waals surface area contributed by atoms with Crippen LogP contribution < -0.4 is 16.8 Å². The second-order valence-corrected chi connectivity index (χ2v) is 5.43. The summed E-state index contributed by atoms with van der Waals surface area (Å²) in [6, 6.07) is 1.83. The summed E-state index contributed by atoms with van der Waals surface area (Å²) in [4.78, 5) is 0. The normalized spacial score (nSPS) is 12.8. The SMILES string of the molecule is C=C(N)/C(N)=C/C(=C\CC)NC(=C)c1c(O)ccc(C(F)(F)F)c1C. The Labute approximate surface area is 145 Å². The van der Waals surface area contributed by atoms with Gasteiger partial charge in [0.15, 0.2) is 0 Å². The van der Waals surface area contributed by atoms with Crippen LogP contribution in [0.5, 0.6) is 5.75 Å². The highest BCUT2D eigenvalue weighted by atomic mass is 19.4. The number of alkyl halides is 3. The molecule has 0 aliphatic carbocycles. The van der Waals surface area contributed by atoms with Crippen molar-refractivity contribution in [3.63, 3.8) is 0 Å². The Bertz CT molecular complexity index is 747. The van der Waals surface area contributed by atoms with Gasteiger partial charge in [0, 0.05) is 22.7 Å². The second-order valence-electron chi connectivity index (χ2n) is 5.43. The molecular weight excluding hydrogens is 331 g/mol. The molecule has 0 heterocycles. The summed E-state index contributed by atoms with van der Waals surface area (Å²) in [6.45, 7) is 10.4. The number of allylic oxidation sites excluding steroid dienone is 2. The van der Waals surface area contributed by atoms with Gasteiger partial charge in [0.25, 0.3) is 0 Å². The lowest BCUT2D eigenvalue weighted by atomic mass is 9.98. The molecule has 6 N–H and O–H groups in total. The maximum atomic E-state index is 13.1. The molecule has 25 heavy (non-hydrogen) atoms. The fourth-order valence-corrected chi connectivity index (χ4v) is 2.25. The molecule has 0 aliphatic rings. The summed E-state index contributed by atoms with van der Waals surface area (Å²) in [7, 11) is 0. The lowest BCUT2D eigenvalue weighted by Gasteiger charge is -2.18. The molecule has 0 fully saturated rings. The van der Waals surface area contributed by atoms with E-state index in [0.29, 0.717) is 12.1 Å². The first-order valence-corrected chi connectivity index (χ1v) is 7.47. The first kappa shape index (κ1) is 20.2. The molecule has 0 unspecified atom stereocenters. The van der Waals surface area contributed by atoms with E-state index in [1.807, 2.05) is 6.92 Å². The van der Waals surface area contributed by atoms with E-state index < -0.39 is 11.7 Å². The van der Waals surface area contributed by atoms with Crippen molar-refractivity contribution in [3.8, 4) is 5.75 Å². The maximum Gasteiger partial charge on any atom is 0.416 e. The van der Waals surface area contributed by atoms with Crippen LogP contribution >= 0.6 is 0 Å². The van der Waals surface area contributed by atoms with Gasteiger partial charge in [-0.15, -0.1) is 0 Å². The van der Waals surface area contributed by atoms with Gasteiger partial charge in [-0.2, -0.15) is 13.2 Å². The van der Waals surface area contributed by atoms with Gasteiger partial charge >= 0.3 is 6.18 Å². The van der Waals surface area contributed by atoms with E-state index in [4.69, 9.17) is 11.5 Å². The molecule has 0 bridgehead atoms. The monoisotopic (exact) mass is 353 g/mol. The van der Waals surface area contributed by atoms with Crippen LogP contribution in [0, 0.1) is 6.92 Å². The largest absolute Gasteiger partial charge is 0.507 e. The van der Waals surface area contributed by atoms with Gasteiger partial charge in [-0.3, -0.25) is 0 Å². The average Bonchev–Trinajstić information content (AvgIpc) is 2.45. The van der Waals surface area contributed by atoms with Gasteiger partial charge < -0.3 is 21.9 Å². The number of nitrogens with two attached hydrogens (primary N) is 2. The number of rotatable bonds is 6. The molecule has 1 rings (SSSR count). The smallest absolute Gasteiger partial charge is 0.416 e. The van der Waals surface area contributed by atoms with Gasteiger partial charge in [-0.25, -0.2) is 0 Å². The van der Waals surface area contributed by atoms with Gasteiger partial charge in [0.1, 0.15) is 5.75 Å². The van der Waals surface area contributed by atoms with E-state index >= 15 is 0 Å². The summed E-state index contributed by atoms with van der Waals surface area (Å²) < 4.78 is 39.2. The number of hydrogen-bond donors (Lipinski definition) is 4. The molecule has 1 aromatic rings. The Balaban J connectivity index is 3.29. The summed E-state index contributed by atoms with van der Waals surface area (Å²) in [5.41, 5.74) is 11.2. The van der Waals surface area contributed by atoms with Crippen LogP contribution in [-0.2, 0) is 6.18 Å². The average molecular weight is 353 g/mol. The number of aromatic hydroxyl groups is 1. The van der Waals surface area contributed by atoms with Gasteiger partial charge in [-0.05, 0) is 37.1 Å². The molecule has 1 aromatic carbocycles. The van der Waals surface area contributed by atoms with Crippen molar-refractivity contribution >= 4 is 5.70 Å². The topological polar surface area (TPSA) is 84.3 Å². The summed E-state index contributed by atoms with van der Waals surface area (Å²) in [5.74, 6) is -0.306.